The van der Waals surface area contributed by atoms with E-state index in [9.17, 15) is 4.79 Å². The number of esters is 1. The molecule has 0 aliphatic carbocycles. The van der Waals surface area contributed by atoms with Crippen molar-refractivity contribution >= 4 is 25.3 Å². The molecule has 0 saturated carbocycles. The number of ether oxygens (including phenoxy) is 4. The van der Waals surface area contributed by atoms with Crippen LogP contribution in [0.1, 0.15) is 42.3 Å². The van der Waals surface area contributed by atoms with Gasteiger partial charge in [-0.1, -0.05) is 51.1 Å². The van der Waals surface area contributed by atoms with Crippen LogP contribution in [0.5, 0.6) is 17.2 Å². The number of carbonyl (C=O) groups is 1. The van der Waals surface area contributed by atoms with Crippen molar-refractivity contribution in [2.45, 2.75) is 52.1 Å². The van der Waals surface area contributed by atoms with Gasteiger partial charge in [-0.3, -0.25) is 0 Å². The molecule has 40 heavy (non-hydrogen) atoms. The number of fused-ring (bicyclic) bond motifs is 1. The number of benzene rings is 3. The summed E-state index contributed by atoms with van der Waals surface area (Å²) in [7, 11) is 2.52. The van der Waals surface area contributed by atoms with E-state index in [0.717, 1.165) is 11.1 Å². The maximum Gasteiger partial charge on any atom is 0.342 e. The number of rotatable bonds is 10. The summed E-state index contributed by atoms with van der Waals surface area (Å²) >= 11 is 0. The van der Waals surface area contributed by atoms with Crippen LogP contribution in [0.25, 0.3) is 22.3 Å². The summed E-state index contributed by atoms with van der Waals surface area (Å²) in [6, 6.07) is 19.1. The average molecular weight is 563 g/mol. The van der Waals surface area contributed by atoms with Crippen molar-refractivity contribution in [2.75, 3.05) is 21.3 Å². The summed E-state index contributed by atoms with van der Waals surface area (Å²) in [5.41, 5.74) is 3.31. The van der Waals surface area contributed by atoms with E-state index < -0.39 is 14.3 Å². The lowest BCUT2D eigenvalue weighted by atomic mass is 10.0. The van der Waals surface area contributed by atoms with Crippen molar-refractivity contribution in [1.29, 1.82) is 0 Å². The molecule has 0 unspecified atom stereocenters. The van der Waals surface area contributed by atoms with E-state index in [1.165, 1.54) is 7.11 Å². The highest BCUT2D eigenvalue weighted by atomic mass is 28.4. The topological polar surface area (TPSA) is 76.4 Å². The van der Waals surface area contributed by atoms with Crippen LogP contribution in [0.3, 0.4) is 0 Å². The molecule has 0 radical (unpaired) electrons. The van der Waals surface area contributed by atoms with Gasteiger partial charge in [0.2, 0.25) is 0 Å². The van der Waals surface area contributed by atoms with Crippen LogP contribution in [0.2, 0.25) is 18.1 Å². The van der Waals surface area contributed by atoms with Crippen molar-refractivity contribution in [3.63, 3.8) is 0 Å². The van der Waals surface area contributed by atoms with Crippen LogP contribution in [-0.2, 0) is 22.4 Å². The fourth-order valence-electron chi connectivity index (χ4n) is 4.11. The summed E-state index contributed by atoms with van der Waals surface area (Å²) in [4.78, 5) is 13.2. The Bertz CT molecular complexity index is 1480. The Morgan fingerprint density at radius 2 is 1.52 bits per heavy atom. The molecule has 1 aromatic heterocycles. The lowest BCUT2D eigenvalue weighted by Crippen LogP contribution is -2.40. The van der Waals surface area contributed by atoms with Crippen LogP contribution in [-0.4, -0.2) is 35.6 Å². The van der Waals surface area contributed by atoms with E-state index in [2.05, 4.69) is 33.9 Å². The third-order valence-electron chi connectivity index (χ3n) is 7.49. The molecule has 3 aromatic carbocycles. The fraction of sp³-hybridized carbons (Fsp3) is 0.344. The Hall–Kier alpha value is -3.75. The van der Waals surface area contributed by atoms with Gasteiger partial charge in [0.1, 0.15) is 17.9 Å². The third kappa shape index (κ3) is 6.03. The monoisotopic (exact) mass is 562 g/mol. The molecular formula is C32H38O7Si. The Morgan fingerprint density at radius 1 is 0.825 bits per heavy atom. The highest BCUT2D eigenvalue weighted by molar-refractivity contribution is 6.74. The molecule has 8 heteroatoms. The predicted molar refractivity (Wildman–Crippen MR) is 159 cm³/mol. The van der Waals surface area contributed by atoms with Crippen molar-refractivity contribution in [3.05, 3.63) is 77.4 Å². The molecule has 0 N–H and O–H groups in total. The normalized spacial score (nSPS) is 11.9. The second-order valence-electron chi connectivity index (χ2n) is 11.2. The smallest absolute Gasteiger partial charge is 0.342 e. The van der Waals surface area contributed by atoms with E-state index >= 15 is 0 Å². The first-order chi connectivity index (χ1) is 19.0. The lowest BCUT2D eigenvalue weighted by Gasteiger charge is -2.36. The molecule has 0 atom stereocenters. The van der Waals surface area contributed by atoms with E-state index in [4.69, 9.17) is 27.8 Å². The largest absolute Gasteiger partial charge is 0.493 e. The van der Waals surface area contributed by atoms with Crippen LogP contribution in [0.15, 0.2) is 65.1 Å². The summed E-state index contributed by atoms with van der Waals surface area (Å²) < 4.78 is 35.3. The van der Waals surface area contributed by atoms with Crippen molar-refractivity contribution < 1.29 is 32.6 Å². The molecule has 4 aromatic rings. The minimum absolute atomic E-state index is 0.0653. The highest BCUT2D eigenvalue weighted by Crippen LogP contribution is 2.43. The summed E-state index contributed by atoms with van der Waals surface area (Å²) in [6.07, 6.45) is 0. The van der Waals surface area contributed by atoms with Gasteiger partial charge in [0.25, 0.3) is 0 Å². The van der Waals surface area contributed by atoms with Crippen LogP contribution in [0.4, 0.5) is 0 Å². The van der Waals surface area contributed by atoms with Crippen LogP contribution in [0, 0.1) is 0 Å². The lowest BCUT2D eigenvalue weighted by molar-refractivity contribution is 0.0603. The van der Waals surface area contributed by atoms with Gasteiger partial charge in [-0.05, 0) is 59.6 Å². The second-order valence-corrected chi connectivity index (χ2v) is 16.0. The van der Waals surface area contributed by atoms with Gasteiger partial charge in [-0.15, -0.1) is 0 Å². The van der Waals surface area contributed by atoms with Crippen LogP contribution >= 0.6 is 0 Å². The Labute approximate surface area is 237 Å². The SMILES string of the molecule is COC(=O)c1c(-c2ccc(OC)c(OCc3ccccc3)c2)oc2c(OC)cc(CO[Si](C)(C)C(C)(C)C)cc12. The molecule has 0 amide bonds. The minimum Gasteiger partial charge on any atom is -0.493 e. The van der Waals surface area contributed by atoms with Gasteiger partial charge in [-0.25, -0.2) is 4.79 Å². The summed E-state index contributed by atoms with van der Waals surface area (Å²) in [5, 5.41) is 0.660. The predicted octanol–water partition coefficient (Wildman–Crippen LogP) is 8.00. The Morgan fingerprint density at radius 3 is 2.15 bits per heavy atom. The van der Waals surface area contributed by atoms with Gasteiger partial charge >= 0.3 is 5.97 Å². The molecular weight excluding hydrogens is 524 g/mol. The average Bonchev–Trinajstić information content (AvgIpc) is 3.33. The number of hydrogen-bond acceptors (Lipinski definition) is 7. The number of carbonyl (C=O) groups excluding carboxylic acids is 1. The first kappa shape index (κ1) is 29.2. The molecule has 0 aliphatic rings. The zero-order valence-electron chi connectivity index (χ0n) is 24.5. The number of methoxy groups -OCH3 is 3. The molecule has 1 heterocycles. The zero-order valence-corrected chi connectivity index (χ0v) is 25.5. The molecule has 0 aliphatic heterocycles. The summed E-state index contributed by atoms with van der Waals surface area (Å²) in [5.74, 6) is 1.45. The maximum absolute atomic E-state index is 13.2. The first-order valence-corrected chi connectivity index (χ1v) is 16.1. The molecule has 0 saturated heterocycles. The first-order valence-electron chi connectivity index (χ1n) is 13.2. The van der Waals surface area contributed by atoms with E-state index in [1.54, 1.807) is 26.4 Å². The highest BCUT2D eigenvalue weighted by Gasteiger charge is 2.37. The standard InChI is InChI=1S/C32H38O7Si/c1-32(2,3)40(7,8)38-20-22-16-24-28(31(33)36-6)29(39-30(24)27(17-22)35-5)23-14-15-25(34-4)26(18-23)37-19-21-12-10-9-11-13-21/h9-18H,19-20H2,1-8H3. The maximum atomic E-state index is 13.2. The van der Waals surface area contributed by atoms with Gasteiger partial charge in [0, 0.05) is 10.9 Å². The van der Waals surface area contributed by atoms with Crippen LogP contribution < -0.4 is 14.2 Å². The van der Waals surface area contributed by atoms with Gasteiger partial charge in [0.15, 0.2) is 31.1 Å². The molecule has 7 nitrogen and oxygen atoms in total. The van der Waals surface area contributed by atoms with Crippen molar-refractivity contribution in [3.8, 4) is 28.6 Å². The minimum atomic E-state index is -2.00. The number of hydrogen-bond donors (Lipinski definition) is 0. The molecule has 0 fully saturated rings. The van der Waals surface area contributed by atoms with E-state index in [1.807, 2.05) is 48.5 Å². The molecule has 4 rings (SSSR count). The third-order valence-corrected chi connectivity index (χ3v) is 12.0. The quantitative estimate of drug-likeness (QED) is 0.143. The molecule has 212 valence electrons. The molecule has 0 bridgehead atoms. The van der Waals surface area contributed by atoms with Gasteiger partial charge in [-0.2, -0.15) is 0 Å². The Balaban J connectivity index is 1.79. The second kappa shape index (κ2) is 11.8. The van der Waals surface area contributed by atoms with Gasteiger partial charge in [0.05, 0.1) is 27.9 Å². The zero-order chi connectivity index (χ0) is 29.1. The number of furan rings is 1. The Kier molecular flexibility index (Phi) is 8.61. The summed E-state index contributed by atoms with van der Waals surface area (Å²) in [6.45, 7) is 11.8. The molecule has 0 spiro atoms. The van der Waals surface area contributed by atoms with Gasteiger partial charge < -0.3 is 27.8 Å². The van der Waals surface area contributed by atoms with E-state index in [0.29, 0.717) is 58.3 Å². The van der Waals surface area contributed by atoms with Crippen molar-refractivity contribution in [1.82, 2.24) is 0 Å². The fourth-order valence-corrected chi connectivity index (χ4v) is 5.08. The van der Waals surface area contributed by atoms with E-state index in [-0.39, 0.29) is 5.04 Å². The van der Waals surface area contributed by atoms with Crippen molar-refractivity contribution in [2.24, 2.45) is 0 Å².